The lowest BCUT2D eigenvalue weighted by Crippen LogP contribution is -2.16. The van der Waals surface area contributed by atoms with E-state index in [2.05, 4.69) is 20.9 Å². The molecule has 88 valence electrons. The minimum Gasteiger partial charge on any atom is -0.354 e. The van der Waals surface area contributed by atoms with Gasteiger partial charge >= 0.3 is 0 Å². The van der Waals surface area contributed by atoms with Crippen LogP contribution in [0.3, 0.4) is 0 Å². The molecule has 0 fully saturated rings. The Morgan fingerprint density at radius 3 is 2.69 bits per heavy atom. The van der Waals surface area contributed by atoms with E-state index in [0.717, 1.165) is 5.56 Å². The molecule has 0 amide bonds. The largest absolute Gasteiger partial charge is 0.354 e. The summed E-state index contributed by atoms with van der Waals surface area (Å²) in [5, 5.41) is 0. The van der Waals surface area contributed by atoms with Gasteiger partial charge in [0.05, 0.1) is 6.54 Å². The number of halogens is 2. The number of hydrogen-bond donors (Lipinski definition) is 0. The van der Waals surface area contributed by atoms with Crippen LogP contribution < -0.4 is 0 Å². The molecule has 1 rings (SSSR count). The first-order valence-electron chi connectivity index (χ1n) is 4.68. The Labute approximate surface area is 102 Å². The third-order valence-electron chi connectivity index (χ3n) is 1.97. The van der Waals surface area contributed by atoms with Gasteiger partial charge in [-0.25, -0.2) is 4.39 Å². The summed E-state index contributed by atoms with van der Waals surface area (Å²) in [7, 11) is 3.11. The molecule has 1 aromatic carbocycles. The van der Waals surface area contributed by atoms with Gasteiger partial charge in [0.1, 0.15) is 5.82 Å². The maximum absolute atomic E-state index is 12.8. The van der Waals surface area contributed by atoms with Crippen molar-refractivity contribution in [2.75, 3.05) is 20.8 Å². The molecule has 16 heavy (non-hydrogen) atoms. The third-order valence-corrected chi connectivity index (χ3v) is 2.66. The summed E-state index contributed by atoms with van der Waals surface area (Å²) in [5.74, 6) is -0.282. The van der Waals surface area contributed by atoms with Gasteiger partial charge in [-0.2, -0.15) is 0 Å². The molecule has 0 aliphatic heterocycles. The SMILES string of the molecule is COC(CN=Cc1ccc(F)cc1Br)OC. The van der Waals surface area contributed by atoms with E-state index in [4.69, 9.17) is 9.47 Å². The average Bonchev–Trinajstić information content (AvgIpc) is 2.27. The van der Waals surface area contributed by atoms with Crippen molar-refractivity contribution in [1.82, 2.24) is 0 Å². The second-order valence-corrected chi connectivity index (χ2v) is 3.92. The molecule has 0 radical (unpaired) electrons. The standard InChI is InChI=1S/C11H13BrFNO2/c1-15-11(16-2)7-14-6-8-3-4-9(13)5-10(8)12/h3-6,11H,7H2,1-2H3. The Morgan fingerprint density at radius 1 is 1.44 bits per heavy atom. The van der Waals surface area contributed by atoms with Crippen LogP contribution in [0.2, 0.25) is 0 Å². The van der Waals surface area contributed by atoms with Crippen LogP contribution in [0.1, 0.15) is 5.56 Å². The molecule has 0 spiro atoms. The molecule has 0 aromatic heterocycles. The van der Waals surface area contributed by atoms with E-state index in [1.54, 1.807) is 26.5 Å². The zero-order valence-electron chi connectivity index (χ0n) is 9.11. The van der Waals surface area contributed by atoms with E-state index in [9.17, 15) is 4.39 Å². The minimum atomic E-state index is -0.351. The van der Waals surface area contributed by atoms with E-state index in [-0.39, 0.29) is 12.1 Å². The number of benzene rings is 1. The highest BCUT2D eigenvalue weighted by molar-refractivity contribution is 9.10. The Bertz CT molecular complexity index is 367. The molecular weight excluding hydrogens is 277 g/mol. The second-order valence-electron chi connectivity index (χ2n) is 3.06. The van der Waals surface area contributed by atoms with Gasteiger partial charge < -0.3 is 9.47 Å². The molecule has 0 bridgehead atoms. The van der Waals surface area contributed by atoms with E-state index < -0.39 is 0 Å². The van der Waals surface area contributed by atoms with Gasteiger partial charge in [0.15, 0.2) is 6.29 Å². The fourth-order valence-corrected chi connectivity index (χ4v) is 1.54. The van der Waals surface area contributed by atoms with Crippen molar-refractivity contribution in [1.29, 1.82) is 0 Å². The Morgan fingerprint density at radius 2 is 2.12 bits per heavy atom. The van der Waals surface area contributed by atoms with Crippen LogP contribution in [0.15, 0.2) is 27.7 Å². The van der Waals surface area contributed by atoms with Crippen LogP contribution in [-0.2, 0) is 9.47 Å². The van der Waals surface area contributed by atoms with Crippen molar-refractivity contribution in [3.63, 3.8) is 0 Å². The number of ether oxygens (including phenoxy) is 2. The molecule has 5 heteroatoms. The number of hydrogen-bond acceptors (Lipinski definition) is 3. The summed E-state index contributed by atoms with van der Waals surface area (Å²) in [5.41, 5.74) is 0.812. The minimum absolute atomic E-state index is 0.282. The van der Waals surface area contributed by atoms with Gasteiger partial charge in [0.25, 0.3) is 0 Å². The van der Waals surface area contributed by atoms with Crippen molar-refractivity contribution < 1.29 is 13.9 Å². The molecule has 0 N–H and O–H groups in total. The van der Waals surface area contributed by atoms with Gasteiger partial charge in [0.2, 0.25) is 0 Å². The van der Waals surface area contributed by atoms with Crippen LogP contribution in [0.25, 0.3) is 0 Å². The van der Waals surface area contributed by atoms with Crippen molar-refractivity contribution in [2.45, 2.75) is 6.29 Å². The second kappa shape index (κ2) is 6.73. The topological polar surface area (TPSA) is 30.8 Å². The van der Waals surface area contributed by atoms with Crippen LogP contribution in [0.5, 0.6) is 0 Å². The monoisotopic (exact) mass is 289 g/mol. The van der Waals surface area contributed by atoms with Gasteiger partial charge in [-0.1, -0.05) is 15.9 Å². The summed E-state index contributed by atoms with van der Waals surface area (Å²) < 4.78 is 23.4. The van der Waals surface area contributed by atoms with Crippen LogP contribution in [0.4, 0.5) is 4.39 Å². The number of nitrogens with zero attached hydrogens (tertiary/aromatic N) is 1. The van der Waals surface area contributed by atoms with Crippen molar-refractivity contribution in [2.24, 2.45) is 4.99 Å². The molecule has 3 nitrogen and oxygen atoms in total. The first-order chi connectivity index (χ1) is 7.67. The smallest absolute Gasteiger partial charge is 0.176 e. The molecule has 0 saturated heterocycles. The number of rotatable bonds is 5. The van der Waals surface area contributed by atoms with Gasteiger partial charge in [-0.15, -0.1) is 0 Å². The van der Waals surface area contributed by atoms with Crippen molar-refractivity contribution in [3.05, 3.63) is 34.1 Å². The molecule has 0 atom stereocenters. The fourth-order valence-electron chi connectivity index (χ4n) is 1.09. The zero-order valence-corrected chi connectivity index (χ0v) is 10.7. The molecule has 1 aromatic rings. The summed E-state index contributed by atoms with van der Waals surface area (Å²) in [6.45, 7) is 0.400. The lowest BCUT2D eigenvalue weighted by Gasteiger charge is -2.09. The van der Waals surface area contributed by atoms with Crippen LogP contribution in [0, 0.1) is 5.82 Å². The summed E-state index contributed by atoms with van der Waals surface area (Å²) in [4.78, 5) is 4.15. The van der Waals surface area contributed by atoms with Crippen LogP contribution in [-0.4, -0.2) is 33.3 Å². The number of aliphatic imine (C=N–C) groups is 1. The Hall–Kier alpha value is -0.780. The lowest BCUT2D eigenvalue weighted by molar-refractivity contribution is -0.0936. The number of methoxy groups -OCH3 is 2. The van der Waals surface area contributed by atoms with Gasteiger partial charge in [-0.05, 0) is 18.2 Å². The van der Waals surface area contributed by atoms with E-state index >= 15 is 0 Å². The maximum Gasteiger partial charge on any atom is 0.176 e. The van der Waals surface area contributed by atoms with E-state index in [1.807, 2.05) is 0 Å². The summed E-state index contributed by atoms with van der Waals surface area (Å²) >= 11 is 3.25. The fraction of sp³-hybridized carbons (Fsp3) is 0.364. The maximum atomic E-state index is 12.8. The molecule has 0 heterocycles. The first kappa shape index (κ1) is 13.3. The highest BCUT2D eigenvalue weighted by Crippen LogP contribution is 2.16. The lowest BCUT2D eigenvalue weighted by atomic mass is 10.2. The molecule has 0 aliphatic rings. The normalized spacial score (nSPS) is 11.6. The van der Waals surface area contributed by atoms with Crippen LogP contribution >= 0.6 is 15.9 Å². The van der Waals surface area contributed by atoms with E-state index in [1.165, 1.54) is 12.1 Å². The van der Waals surface area contributed by atoms with Crippen molar-refractivity contribution in [3.8, 4) is 0 Å². The third kappa shape index (κ3) is 4.00. The van der Waals surface area contributed by atoms with E-state index in [0.29, 0.717) is 11.0 Å². The average molecular weight is 290 g/mol. The predicted octanol–water partition coefficient (Wildman–Crippen LogP) is 2.63. The summed E-state index contributed by atoms with van der Waals surface area (Å²) in [6, 6.07) is 4.43. The van der Waals surface area contributed by atoms with Gasteiger partial charge in [-0.3, -0.25) is 4.99 Å². The van der Waals surface area contributed by atoms with Gasteiger partial charge in [0, 0.05) is 30.5 Å². The summed E-state index contributed by atoms with van der Waals surface area (Å²) in [6.07, 6.45) is 1.30. The Kier molecular flexibility index (Phi) is 5.59. The predicted molar refractivity (Wildman–Crippen MR) is 64.4 cm³/mol. The molecule has 0 aliphatic carbocycles. The molecule has 0 unspecified atom stereocenters. The molecular formula is C11H13BrFNO2. The Balaban J connectivity index is 2.62. The highest BCUT2D eigenvalue weighted by Gasteiger charge is 2.02. The van der Waals surface area contributed by atoms with Crippen molar-refractivity contribution >= 4 is 22.1 Å². The molecule has 0 saturated carbocycles. The quantitative estimate of drug-likeness (QED) is 0.616. The zero-order chi connectivity index (χ0) is 12.0. The first-order valence-corrected chi connectivity index (χ1v) is 5.47. The highest BCUT2D eigenvalue weighted by atomic mass is 79.9.